The van der Waals surface area contributed by atoms with E-state index < -0.39 is 0 Å². The summed E-state index contributed by atoms with van der Waals surface area (Å²) in [6.07, 6.45) is 3.84. The maximum Gasteiger partial charge on any atom is 0.241 e. The van der Waals surface area contributed by atoms with E-state index >= 15 is 0 Å². The molecule has 1 amide bonds. The number of hydrogen-bond donors (Lipinski definition) is 1. The van der Waals surface area contributed by atoms with Crippen molar-refractivity contribution >= 4 is 22.9 Å². The molecule has 1 atom stereocenters. The van der Waals surface area contributed by atoms with Gasteiger partial charge >= 0.3 is 0 Å². The molecule has 4 rings (SSSR count). The number of aromatic nitrogens is 3. The molecule has 3 aromatic rings. The second kappa shape index (κ2) is 7.62. The van der Waals surface area contributed by atoms with Gasteiger partial charge in [-0.15, -0.1) is 11.3 Å². The number of benzene rings is 1. The van der Waals surface area contributed by atoms with E-state index in [1.165, 1.54) is 5.56 Å². The standard InChI is InChI=1S/C20H23N5OS/c1-14-16(10-22-24(14)2)11-25-9-3-4-19(25)20(26)23-17-7-5-15(6-8-17)18-12-27-13-21-18/h5-8,10,12-13,19H,3-4,9,11H2,1-2H3,(H,23,26). The van der Waals surface area contributed by atoms with Crippen LogP contribution in [-0.2, 0) is 18.4 Å². The predicted molar refractivity (Wildman–Crippen MR) is 108 cm³/mol. The first-order chi connectivity index (χ1) is 13.1. The third-order valence-corrected chi connectivity index (χ3v) is 5.84. The molecular weight excluding hydrogens is 358 g/mol. The van der Waals surface area contributed by atoms with Crippen LogP contribution in [0.1, 0.15) is 24.1 Å². The SMILES string of the molecule is Cc1c(CN2CCCC2C(=O)Nc2ccc(-c3cscn3)cc2)cnn1C. The lowest BCUT2D eigenvalue weighted by atomic mass is 10.1. The van der Waals surface area contributed by atoms with Gasteiger partial charge in [0.25, 0.3) is 0 Å². The molecule has 0 radical (unpaired) electrons. The number of carbonyl (C=O) groups excluding carboxylic acids is 1. The molecule has 1 fully saturated rings. The molecule has 0 aliphatic carbocycles. The quantitative estimate of drug-likeness (QED) is 0.735. The first-order valence-corrected chi connectivity index (χ1v) is 10.1. The molecule has 3 heterocycles. The van der Waals surface area contributed by atoms with Crippen LogP contribution >= 0.6 is 11.3 Å². The van der Waals surface area contributed by atoms with Gasteiger partial charge in [-0.05, 0) is 38.4 Å². The van der Waals surface area contributed by atoms with Crippen LogP contribution in [0.15, 0.2) is 41.4 Å². The van der Waals surface area contributed by atoms with Crippen molar-refractivity contribution in [2.24, 2.45) is 7.05 Å². The molecule has 1 aliphatic rings. The Kier molecular flexibility index (Phi) is 5.05. The van der Waals surface area contributed by atoms with Crippen molar-refractivity contribution in [3.63, 3.8) is 0 Å². The topological polar surface area (TPSA) is 63.1 Å². The van der Waals surface area contributed by atoms with Crippen LogP contribution in [0.3, 0.4) is 0 Å². The summed E-state index contributed by atoms with van der Waals surface area (Å²) in [5.74, 6) is 0.0652. The van der Waals surface area contributed by atoms with Crippen molar-refractivity contribution in [3.05, 3.63) is 52.6 Å². The number of amides is 1. The minimum Gasteiger partial charge on any atom is -0.325 e. The molecular formula is C20H23N5OS. The third-order valence-electron chi connectivity index (χ3n) is 5.26. The number of likely N-dealkylation sites (tertiary alicyclic amines) is 1. The molecule has 1 N–H and O–H groups in total. The Balaban J connectivity index is 1.41. The number of thiazole rings is 1. The van der Waals surface area contributed by atoms with Gasteiger partial charge in [-0.2, -0.15) is 5.10 Å². The van der Waals surface area contributed by atoms with E-state index in [1.54, 1.807) is 11.3 Å². The van der Waals surface area contributed by atoms with Gasteiger partial charge in [0.05, 0.1) is 23.4 Å². The van der Waals surface area contributed by atoms with Crippen LogP contribution in [0.4, 0.5) is 5.69 Å². The highest BCUT2D eigenvalue weighted by Crippen LogP contribution is 2.24. The summed E-state index contributed by atoms with van der Waals surface area (Å²) in [5.41, 5.74) is 7.01. The summed E-state index contributed by atoms with van der Waals surface area (Å²) in [6, 6.07) is 7.78. The van der Waals surface area contributed by atoms with Crippen LogP contribution in [0.2, 0.25) is 0 Å². The molecule has 0 bridgehead atoms. The highest BCUT2D eigenvalue weighted by Gasteiger charge is 2.31. The van der Waals surface area contributed by atoms with E-state index in [0.717, 1.165) is 48.6 Å². The maximum atomic E-state index is 12.8. The largest absolute Gasteiger partial charge is 0.325 e. The molecule has 6 nitrogen and oxygen atoms in total. The molecule has 2 aromatic heterocycles. The monoisotopic (exact) mass is 381 g/mol. The Morgan fingerprint density at radius 1 is 1.33 bits per heavy atom. The minimum atomic E-state index is -0.0946. The summed E-state index contributed by atoms with van der Waals surface area (Å²) in [4.78, 5) is 19.4. The van der Waals surface area contributed by atoms with E-state index in [9.17, 15) is 4.79 Å². The van der Waals surface area contributed by atoms with Gasteiger partial charge in [0.15, 0.2) is 0 Å². The Morgan fingerprint density at radius 3 is 2.81 bits per heavy atom. The second-order valence-electron chi connectivity index (χ2n) is 6.95. The molecule has 1 aromatic carbocycles. The number of rotatable bonds is 5. The molecule has 1 aliphatic heterocycles. The lowest BCUT2D eigenvalue weighted by molar-refractivity contribution is -0.120. The smallest absolute Gasteiger partial charge is 0.241 e. The fourth-order valence-electron chi connectivity index (χ4n) is 3.54. The van der Waals surface area contributed by atoms with E-state index in [0.29, 0.717) is 0 Å². The predicted octanol–water partition coefficient (Wildman–Crippen LogP) is 3.46. The van der Waals surface area contributed by atoms with Crippen LogP contribution in [0.5, 0.6) is 0 Å². The zero-order chi connectivity index (χ0) is 18.8. The molecule has 7 heteroatoms. The van der Waals surface area contributed by atoms with Gasteiger partial charge < -0.3 is 5.32 Å². The Morgan fingerprint density at radius 2 is 2.15 bits per heavy atom. The van der Waals surface area contributed by atoms with Crippen molar-refractivity contribution in [3.8, 4) is 11.3 Å². The van der Waals surface area contributed by atoms with Gasteiger partial charge in [0.2, 0.25) is 5.91 Å². The maximum absolute atomic E-state index is 12.8. The lowest BCUT2D eigenvalue weighted by Crippen LogP contribution is -2.39. The van der Waals surface area contributed by atoms with Gasteiger partial charge in [-0.3, -0.25) is 14.4 Å². The van der Waals surface area contributed by atoms with Crippen molar-refractivity contribution in [2.75, 3.05) is 11.9 Å². The van der Waals surface area contributed by atoms with Gasteiger partial charge in [0.1, 0.15) is 0 Å². The molecule has 27 heavy (non-hydrogen) atoms. The highest BCUT2D eigenvalue weighted by atomic mass is 32.1. The Hall–Kier alpha value is -2.51. The molecule has 140 valence electrons. The summed E-state index contributed by atoms with van der Waals surface area (Å²) in [5, 5.41) is 9.40. The normalized spacial score (nSPS) is 17.3. The number of aryl methyl sites for hydroxylation is 1. The van der Waals surface area contributed by atoms with Crippen LogP contribution in [-0.4, -0.2) is 38.2 Å². The summed E-state index contributed by atoms with van der Waals surface area (Å²) in [6.45, 7) is 3.77. The number of nitrogens with zero attached hydrogens (tertiary/aromatic N) is 4. The van der Waals surface area contributed by atoms with Crippen molar-refractivity contribution in [1.82, 2.24) is 19.7 Å². The summed E-state index contributed by atoms with van der Waals surface area (Å²) >= 11 is 1.58. The van der Waals surface area contributed by atoms with Crippen molar-refractivity contribution in [2.45, 2.75) is 32.4 Å². The number of carbonyl (C=O) groups is 1. The first-order valence-electron chi connectivity index (χ1n) is 9.13. The first kappa shape index (κ1) is 17.9. The third kappa shape index (κ3) is 3.79. The van der Waals surface area contributed by atoms with Crippen LogP contribution in [0, 0.1) is 6.92 Å². The lowest BCUT2D eigenvalue weighted by Gasteiger charge is -2.23. The van der Waals surface area contributed by atoms with E-state index in [2.05, 4.69) is 27.2 Å². The fraction of sp³-hybridized carbons (Fsp3) is 0.350. The molecule has 1 saturated heterocycles. The second-order valence-corrected chi connectivity index (χ2v) is 7.67. The minimum absolute atomic E-state index is 0.0652. The highest BCUT2D eigenvalue weighted by molar-refractivity contribution is 7.07. The van der Waals surface area contributed by atoms with Crippen LogP contribution < -0.4 is 5.32 Å². The van der Waals surface area contributed by atoms with Gasteiger partial charge in [-0.1, -0.05) is 12.1 Å². The summed E-state index contributed by atoms with van der Waals surface area (Å²) < 4.78 is 1.88. The van der Waals surface area contributed by atoms with Crippen LogP contribution in [0.25, 0.3) is 11.3 Å². The van der Waals surface area contributed by atoms with E-state index in [-0.39, 0.29) is 11.9 Å². The molecule has 0 spiro atoms. The number of anilines is 1. The summed E-state index contributed by atoms with van der Waals surface area (Å²) in [7, 11) is 1.95. The zero-order valence-corrected chi connectivity index (χ0v) is 16.4. The van der Waals surface area contributed by atoms with Crippen molar-refractivity contribution < 1.29 is 4.79 Å². The van der Waals surface area contributed by atoms with E-state index in [1.807, 2.05) is 53.1 Å². The van der Waals surface area contributed by atoms with Gasteiger partial charge in [0, 0.05) is 41.5 Å². The number of hydrogen-bond acceptors (Lipinski definition) is 5. The zero-order valence-electron chi connectivity index (χ0n) is 15.6. The Bertz CT molecular complexity index is 917. The molecule has 1 unspecified atom stereocenters. The molecule has 0 saturated carbocycles. The van der Waals surface area contributed by atoms with E-state index in [4.69, 9.17) is 0 Å². The van der Waals surface area contributed by atoms with Gasteiger partial charge in [-0.25, -0.2) is 4.98 Å². The average Bonchev–Trinajstić information content (AvgIpc) is 3.41. The Labute approximate surface area is 162 Å². The van der Waals surface area contributed by atoms with Crippen molar-refractivity contribution in [1.29, 1.82) is 0 Å². The number of nitrogens with one attached hydrogen (secondary N) is 1. The average molecular weight is 382 g/mol. The fourth-order valence-corrected chi connectivity index (χ4v) is 4.10.